The molecule has 0 radical (unpaired) electrons. The van der Waals surface area contributed by atoms with Crippen LogP contribution in [0.15, 0.2) is 30.3 Å². The predicted octanol–water partition coefficient (Wildman–Crippen LogP) is 1.77. The van der Waals surface area contributed by atoms with E-state index in [2.05, 4.69) is 0 Å². The largest absolute Gasteiger partial charge is 0.458 e. The third-order valence-corrected chi connectivity index (χ3v) is 2.33. The quantitative estimate of drug-likeness (QED) is 0.689. The molecule has 1 aromatic rings. The van der Waals surface area contributed by atoms with Crippen LogP contribution in [0.1, 0.15) is 11.1 Å². The van der Waals surface area contributed by atoms with Gasteiger partial charge in [-0.2, -0.15) is 0 Å². The van der Waals surface area contributed by atoms with Gasteiger partial charge in [0.2, 0.25) is 0 Å². The van der Waals surface area contributed by atoms with Crippen molar-refractivity contribution >= 4 is 11.5 Å². The van der Waals surface area contributed by atoms with Crippen LogP contribution in [0.4, 0.5) is 0 Å². The van der Waals surface area contributed by atoms with Gasteiger partial charge in [-0.25, -0.2) is 4.79 Å². The number of ether oxygens (including phenoxy) is 2. The van der Waals surface area contributed by atoms with Crippen LogP contribution in [-0.4, -0.2) is 19.7 Å². The molecule has 0 saturated heterocycles. The first-order chi connectivity index (χ1) is 7.31. The summed E-state index contributed by atoms with van der Waals surface area (Å²) in [6.45, 7) is 0.755. The van der Waals surface area contributed by atoms with E-state index in [-0.39, 0.29) is 5.97 Å². The summed E-state index contributed by atoms with van der Waals surface area (Å²) in [5.74, 6) is -0.307. The minimum atomic E-state index is -0.307. The van der Waals surface area contributed by atoms with Gasteiger partial charge in [-0.3, -0.25) is 0 Å². The number of hydrogen-bond acceptors (Lipinski definition) is 3. The van der Waals surface area contributed by atoms with Crippen LogP contribution in [0, 0.1) is 0 Å². The average Bonchev–Trinajstić information content (AvgIpc) is 2.40. The first-order valence-electron chi connectivity index (χ1n) is 4.76. The van der Waals surface area contributed by atoms with Gasteiger partial charge in [0.05, 0.1) is 6.61 Å². The standard InChI is InChI=1S/C12H12O3/c1-14-7-10-6-12(13)15-8-9-4-2-3-5-11(9)10/h2-6H,7-8H2,1H3. The number of methoxy groups -OCH3 is 1. The van der Waals surface area contributed by atoms with Crippen molar-refractivity contribution in [1.82, 2.24) is 0 Å². The van der Waals surface area contributed by atoms with Crippen LogP contribution in [0.2, 0.25) is 0 Å². The summed E-state index contributed by atoms with van der Waals surface area (Å²) in [5, 5.41) is 0. The van der Waals surface area contributed by atoms with Gasteiger partial charge < -0.3 is 9.47 Å². The Kier molecular flexibility index (Phi) is 2.83. The Bertz CT molecular complexity index is 407. The topological polar surface area (TPSA) is 35.5 Å². The lowest BCUT2D eigenvalue weighted by Gasteiger charge is -2.07. The van der Waals surface area contributed by atoms with Gasteiger partial charge in [-0.05, 0) is 16.7 Å². The lowest BCUT2D eigenvalue weighted by atomic mass is 10.0. The Hall–Kier alpha value is -1.61. The highest BCUT2D eigenvalue weighted by atomic mass is 16.5. The van der Waals surface area contributed by atoms with E-state index in [1.807, 2.05) is 24.3 Å². The highest BCUT2D eigenvalue weighted by Gasteiger charge is 2.14. The average molecular weight is 204 g/mol. The molecule has 3 nitrogen and oxygen atoms in total. The number of rotatable bonds is 2. The van der Waals surface area contributed by atoms with Crippen LogP contribution in [-0.2, 0) is 20.9 Å². The van der Waals surface area contributed by atoms with E-state index < -0.39 is 0 Å². The lowest BCUT2D eigenvalue weighted by Crippen LogP contribution is -1.98. The Balaban J connectivity index is 2.45. The maximum atomic E-state index is 11.3. The maximum absolute atomic E-state index is 11.3. The number of carbonyl (C=O) groups excluding carboxylic acids is 1. The maximum Gasteiger partial charge on any atom is 0.331 e. The first-order valence-corrected chi connectivity index (χ1v) is 4.76. The number of benzene rings is 1. The van der Waals surface area contributed by atoms with Crippen LogP contribution < -0.4 is 0 Å². The van der Waals surface area contributed by atoms with Crippen LogP contribution in [0.25, 0.3) is 5.57 Å². The van der Waals surface area contributed by atoms with Gasteiger partial charge in [-0.1, -0.05) is 24.3 Å². The molecular formula is C12H12O3. The van der Waals surface area contributed by atoms with Crippen LogP contribution >= 0.6 is 0 Å². The Labute approximate surface area is 88.3 Å². The monoisotopic (exact) mass is 204 g/mol. The molecule has 0 saturated carbocycles. The molecule has 0 unspecified atom stereocenters. The predicted molar refractivity (Wildman–Crippen MR) is 56.1 cm³/mol. The van der Waals surface area contributed by atoms with E-state index in [0.29, 0.717) is 13.2 Å². The Morgan fingerprint density at radius 2 is 2.20 bits per heavy atom. The summed E-state index contributed by atoms with van der Waals surface area (Å²) >= 11 is 0. The molecule has 0 atom stereocenters. The normalized spacial score (nSPS) is 15.0. The zero-order chi connectivity index (χ0) is 10.7. The third-order valence-electron chi connectivity index (χ3n) is 2.33. The summed E-state index contributed by atoms with van der Waals surface area (Å²) in [4.78, 5) is 11.3. The second kappa shape index (κ2) is 4.28. The molecule has 1 heterocycles. The summed E-state index contributed by atoms with van der Waals surface area (Å²) in [7, 11) is 1.61. The van der Waals surface area contributed by atoms with Gasteiger partial charge in [0.25, 0.3) is 0 Å². The molecule has 1 aromatic carbocycles. The van der Waals surface area contributed by atoms with E-state index in [4.69, 9.17) is 9.47 Å². The zero-order valence-corrected chi connectivity index (χ0v) is 8.53. The summed E-state index contributed by atoms with van der Waals surface area (Å²) in [6.07, 6.45) is 1.50. The van der Waals surface area contributed by atoms with Gasteiger partial charge in [0.1, 0.15) is 6.61 Å². The summed E-state index contributed by atoms with van der Waals surface area (Å²) < 4.78 is 10.1. The molecule has 2 rings (SSSR count). The van der Waals surface area contributed by atoms with Crippen molar-refractivity contribution in [1.29, 1.82) is 0 Å². The van der Waals surface area contributed by atoms with Crippen molar-refractivity contribution in [2.75, 3.05) is 13.7 Å². The molecule has 0 aromatic heterocycles. The molecule has 0 fully saturated rings. The molecule has 1 aliphatic heterocycles. The second-order valence-corrected chi connectivity index (χ2v) is 3.37. The fourth-order valence-electron chi connectivity index (χ4n) is 1.64. The van der Waals surface area contributed by atoms with E-state index in [1.54, 1.807) is 7.11 Å². The molecule has 0 aliphatic carbocycles. The number of hydrogen-bond donors (Lipinski definition) is 0. The number of esters is 1. The fraction of sp³-hybridized carbons (Fsp3) is 0.250. The first kappa shape index (κ1) is 9.93. The van der Waals surface area contributed by atoms with Crippen molar-refractivity contribution in [2.24, 2.45) is 0 Å². The SMILES string of the molecule is COCC1=CC(=O)OCc2ccccc21. The van der Waals surface area contributed by atoms with Crippen molar-refractivity contribution in [3.05, 3.63) is 41.5 Å². The van der Waals surface area contributed by atoms with Crippen molar-refractivity contribution in [3.8, 4) is 0 Å². The number of carbonyl (C=O) groups is 1. The van der Waals surface area contributed by atoms with E-state index in [9.17, 15) is 4.79 Å². The Morgan fingerprint density at radius 3 is 3.00 bits per heavy atom. The zero-order valence-electron chi connectivity index (χ0n) is 8.53. The molecule has 1 aliphatic rings. The fourth-order valence-corrected chi connectivity index (χ4v) is 1.64. The molecule has 0 spiro atoms. The molecular weight excluding hydrogens is 192 g/mol. The smallest absolute Gasteiger partial charge is 0.331 e. The second-order valence-electron chi connectivity index (χ2n) is 3.37. The Morgan fingerprint density at radius 1 is 1.40 bits per heavy atom. The highest BCUT2D eigenvalue weighted by molar-refractivity contribution is 5.93. The third kappa shape index (κ3) is 2.07. The number of fused-ring (bicyclic) bond motifs is 1. The van der Waals surface area contributed by atoms with Crippen LogP contribution in [0.3, 0.4) is 0 Å². The summed E-state index contributed by atoms with van der Waals surface area (Å²) in [5.41, 5.74) is 2.92. The summed E-state index contributed by atoms with van der Waals surface area (Å²) in [6, 6.07) is 7.81. The molecule has 15 heavy (non-hydrogen) atoms. The minimum Gasteiger partial charge on any atom is -0.458 e. The molecule has 3 heteroatoms. The van der Waals surface area contributed by atoms with Crippen molar-refractivity contribution in [3.63, 3.8) is 0 Å². The molecule has 0 amide bonds. The van der Waals surface area contributed by atoms with Gasteiger partial charge >= 0.3 is 5.97 Å². The van der Waals surface area contributed by atoms with Gasteiger partial charge in [-0.15, -0.1) is 0 Å². The van der Waals surface area contributed by atoms with E-state index in [0.717, 1.165) is 16.7 Å². The molecule has 78 valence electrons. The van der Waals surface area contributed by atoms with E-state index >= 15 is 0 Å². The van der Waals surface area contributed by atoms with E-state index in [1.165, 1.54) is 6.08 Å². The molecule has 0 N–H and O–H groups in total. The van der Waals surface area contributed by atoms with Crippen molar-refractivity contribution in [2.45, 2.75) is 6.61 Å². The van der Waals surface area contributed by atoms with Gasteiger partial charge in [0, 0.05) is 13.2 Å². The highest BCUT2D eigenvalue weighted by Crippen LogP contribution is 2.23. The minimum absolute atomic E-state index is 0.307. The molecule has 0 bridgehead atoms. The van der Waals surface area contributed by atoms with Crippen LogP contribution in [0.5, 0.6) is 0 Å². The van der Waals surface area contributed by atoms with Gasteiger partial charge in [0.15, 0.2) is 0 Å². The van der Waals surface area contributed by atoms with Crippen molar-refractivity contribution < 1.29 is 14.3 Å². The number of cyclic esters (lactones) is 1. The lowest BCUT2D eigenvalue weighted by molar-refractivity contribution is -0.138.